The maximum Gasteiger partial charge on any atom is 0.407 e. The summed E-state index contributed by atoms with van der Waals surface area (Å²) in [6, 6.07) is 22.9. The van der Waals surface area contributed by atoms with Crippen LogP contribution in [0.15, 0.2) is 72.8 Å². The fourth-order valence-electron chi connectivity index (χ4n) is 4.50. The summed E-state index contributed by atoms with van der Waals surface area (Å²) >= 11 is 0. The minimum absolute atomic E-state index is 0.0428. The molecule has 3 aromatic carbocycles. The third kappa shape index (κ3) is 5.88. The number of alkyl carbamates (subject to hydrolysis) is 1. The second-order valence-corrected chi connectivity index (χ2v) is 8.70. The van der Waals surface area contributed by atoms with Crippen molar-refractivity contribution in [2.45, 2.75) is 37.8 Å². The molecule has 1 aliphatic carbocycles. The highest BCUT2D eigenvalue weighted by Gasteiger charge is 2.29. The second-order valence-electron chi connectivity index (χ2n) is 8.70. The van der Waals surface area contributed by atoms with Crippen LogP contribution in [0.5, 0.6) is 0 Å². The Morgan fingerprint density at radius 2 is 1.49 bits per heavy atom. The van der Waals surface area contributed by atoms with E-state index in [1.54, 1.807) is 12.1 Å². The van der Waals surface area contributed by atoms with E-state index >= 15 is 0 Å². The molecule has 2 amide bonds. The van der Waals surface area contributed by atoms with Gasteiger partial charge in [0.15, 0.2) is 0 Å². The molecular weight excluding hydrogens is 440 g/mol. The second kappa shape index (κ2) is 11.6. The molecule has 3 aromatic rings. The Morgan fingerprint density at radius 1 is 0.857 bits per heavy atom. The van der Waals surface area contributed by atoms with E-state index in [0.717, 1.165) is 34.2 Å². The van der Waals surface area contributed by atoms with Crippen molar-refractivity contribution in [2.24, 2.45) is 11.5 Å². The first-order chi connectivity index (χ1) is 17.1. The van der Waals surface area contributed by atoms with Crippen molar-refractivity contribution in [3.8, 4) is 11.1 Å². The van der Waals surface area contributed by atoms with Gasteiger partial charge in [0.2, 0.25) is 5.91 Å². The van der Waals surface area contributed by atoms with Gasteiger partial charge in [0.1, 0.15) is 12.6 Å². The monoisotopic (exact) mass is 472 g/mol. The average molecular weight is 473 g/mol. The summed E-state index contributed by atoms with van der Waals surface area (Å²) in [5, 5.41) is 5.62. The lowest BCUT2D eigenvalue weighted by atomic mass is 9.98. The lowest BCUT2D eigenvalue weighted by molar-refractivity contribution is -0.118. The molecule has 0 saturated heterocycles. The van der Waals surface area contributed by atoms with Crippen LogP contribution in [-0.4, -0.2) is 31.2 Å². The molecule has 0 spiro atoms. The van der Waals surface area contributed by atoms with Crippen molar-refractivity contribution < 1.29 is 14.3 Å². The number of fused-ring (bicyclic) bond motifs is 3. The van der Waals surface area contributed by atoms with Crippen LogP contribution in [0.4, 0.5) is 10.5 Å². The van der Waals surface area contributed by atoms with Crippen LogP contribution >= 0.6 is 0 Å². The van der Waals surface area contributed by atoms with E-state index in [0.29, 0.717) is 31.6 Å². The molecule has 7 heteroatoms. The molecule has 0 radical (unpaired) electrons. The normalized spacial score (nSPS) is 13.0. The Labute approximate surface area is 205 Å². The summed E-state index contributed by atoms with van der Waals surface area (Å²) in [6.07, 6.45) is 1.33. The molecule has 0 fully saturated rings. The van der Waals surface area contributed by atoms with Crippen molar-refractivity contribution >= 4 is 17.7 Å². The summed E-state index contributed by atoms with van der Waals surface area (Å²) in [7, 11) is 0. The van der Waals surface area contributed by atoms with Gasteiger partial charge < -0.3 is 26.8 Å². The van der Waals surface area contributed by atoms with Crippen molar-refractivity contribution in [2.75, 3.05) is 18.5 Å². The van der Waals surface area contributed by atoms with Crippen LogP contribution in [0.2, 0.25) is 0 Å². The number of benzene rings is 3. The summed E-state index contributed by atoms with van der Waals surface area (Å²) in [5.41, 5.74) is 17.5. The quantitative estimate of drug-likeness (QED) is 0.331. The highest BCUT2D eigenvalue weighted by molar-refractivity contribution is 5.96. The van der Waals surface area contributed by atoms with Crippen molar-refractivity contribution in [1.29, 1.82) is 0 Å². The summed E-state index contributed by atoms with van der Waals surface area (Å²) in [4.78, 5) is 25.7. The number of carbonyl (C=O) groups is 2. The van der Waals surface area contributed by atoms with Crippen molar-refractivity contribution in [1.82, 2.24) is 5.32 Å². The third-order valence-electron chi connectivity index (χ3n) is 6.36. The Kier molecular flexibility index (Phi) is 8.13. The molecule has 0 saturated carbocycles. The zero-order chi connectivity index (χ0) is 24.6. The van der Waals surface area contributed by atoms with Crippen LogP contribution < -0.4 is 22.1 Å². The number of hydrogen-bond acceptors (Lipinski definition) is 5. The predicted octanol–water partition coefficient (Wildman–Crippen LogP) is 4.12. The lowest BCUT2D eigenvalue weighted by Gasteiger charge is -2.20. The highest BCUT2D eigenvalue weighted by atomic mass is 16.5. The number of hydrogen-bond donors (Lipinski definition) is 4. The molecule has 6 N–H and O–H groups in total. The maximum atomic E-state index is 12.9. The number of unbranched alkanes of at least 4 members (excludes halogenated alkanes) is 1. The smallest absolute Gasteiger partial charge is 0.407 e. The molecule has 0 unspecified atom stereocenters. The minimum atomic E-state index is -0.730. The molecule has 4 rings (SSSR count). The zero-order valence-corrected chi connectivity index (χ0v) is 19.7. The standard InChI is InChI=1S/C28H32N4O3/c29-16-6-5-11-26(27(33)31-20-14-12-19(17-30)13-15-20)32-28(34)35-18-25-23-9-3-1-7-21(23)22-8-2-4-10-24(22)25/h1-4,7-10,12-15,25-26H,5-6,11,16-18,29-30H2,(H,31,33)(H,32,34)/t26-/m0/s1. The fraction of sp³-hybridized carbons (Fsp3) is 0.286. The third-order valence-corrected chi connectivity index (χ3v) is 6.36. The largest absolute Gasteiger partial charge is 0.449 e. The number of carbonyl (C=O) groups excluding carboxylic acids is 2. The molecule has 0 bridgehead atoms. The van der Waals surface area contributed by atoms with E-state index in [9.17, 15) is 9.59 Å². The summed E-state index contributed by atoms with van der Waals surface area (Å²) in [6.45, 7) is 1.15. The molecule has 182 valence electrons. The number of anilines is 1. The van der Waals surface area contributed by atoms with E-state index in [2.05, 4.69) is 34.9 Å². The van der Waals surface area contributed by atoms with E-state index in [4.69, 9.17) is 16.2 Å². The Balaban J connectivity index is 1.40. The summed E-state index contributed by atoms with van der Waals surface area (Å²) in [5.74, 6) is -0.338. The molecule has 0 aliphatic heterocycles. The number of rotatable bonds is 10. The molecule has 35 heavy (non-hydrogen) atoms. The zero-order valence-electron chi connectivity index (χ0n) is 19.7. The van der Waals surface area contributed by atoms with Crippen molar-refractivity contribution in [3.05, 3.63) is 89.5 Å². The van der Waals surface area contributed by atoms with Gasteiger partial charge in [-0.2, -0.15) is 0 Å². The van der Waals surface area contributed by atoms with Gasteiger partial charge in [0.25, 0.3) is 0 Å². The van der Waals surface area contributed by atoms with Gasteiger partial charge in [0.05, 0.1) is 0 Å². The van der Waals surface area contributed by atoms with Gasteiger partial charge in [-0.3, -0.25) is 4.79 Å². The van der Waals surface area contributed by atoms with Crippen molar-refractivity contribution in [3.63, 3.8) is 0 Å². The van der Waals surface area contributed by atoms with E-state index < -0.39 is 12.1 Å². The maximum absolute atomic E-state index is 12.9. The van der Waals surface area contributed by atoms with Gasteiger partial charge in [-0.15, -0.1) is 0 Å². The Morgan fingerprint density at radius 3 is 2.09 bits per heavy atom. The number of ether oxygens (including phenoxy) is 1. The van der Waals surface area contributed by atoms with Crippen LogP contribution in [-0.2, 0) is 16.1 Å². The minimum Gasteiger partial charge on any atom is -0.449 e. The van der Waals surface area contributed by atoms with Gasteiger partial charge in [-0.25, -0.2) is 4.79 Å². The summed E-state index contributed by atoms with van der Waals surface area (Å²) < 4.78 is 5.64. The fourth-order valence-corrected chi connectivity index (χ4v) is 4.50. The SMILES string of the molecule is NCCCC[C@H](NC(=O)OCC1c2ccccc2-c2ccccc21)C(=O)Nc1ccc(CN)cc1. The van der Waals surface area contributed by atoms with Gasteiger partial charge in [-0.05, 0) is 65.8 Å². The predicted molar refractivity (Wildman–Crippen MR) is 138 cm³/mol. The number of amides is 2. The van der Waals surface area contributed by atoms with Crippen LogP contribution in [0.3, 0.4) is 0 Å². The number of nitrogens with one attached hydrogen (secondary N) is 2. The lowest BCUT2D eigenvalue weighted by Crippen LogP contribution is -2.44. The molecule has 7 nitrogen and oxygen atoms in total. The Hall–Kier alpha value is -3.68. The topological polar surface area (TPSA) is 119 Å². The van der Waals surface area contributed by atoms with Gasteiger partial charge in [0, 0.05) is 18.2 Å². The Bertz CT molecular complexity index is 1120. The first-order valence-corrected chi connectivity index (χ1v) is 12.0. The van der Waals surface area contributed by atoms with Crippen LogP contribution in [0, 0.1) is 0 Å². The van der Waals surface area contributed by atoms with Crippen LogP contribution in [0.25, 0.3) is 11.1 Å². The molecule has 0 aromatic heterocycles. The molecule has 0 heterocycles. The highest BCUT2D eigenvalue weighted by Crippen LogP contribution is 2.44. The van der Waals surface area contributed by atoms with E-state index in [-0.39, 0.29) is 18.4 Å². The molecular formula is C28H32N4O3. The van der Waals surface area contributed by atoms with E-state index in [1.807, 2.05) is 36.4 Å². The first kappa shape index (κ1) is 24.4. The van der Waals surface area contributed by atoms with Crippen LogP contribution in [0.1, 0.15) is 41.9 Å². The average Bonchev–Trinajstić information content (AvgIpc) is 3.21. The van der Waals surface area contributed by atoms with Gasteiger partial charge >= 0.3 is 6.09 Å². The van der Waals surface area contributed by atoms with E-state index in [1.165, 1.54) is 0 Å². The van der Waals surface area contributed by atoms with Gasteiger partial charge in [-0.1, -0.05) is 60.7 Å². The molecule has 1 aliphatic rings. The number of nitrogens with two attached hydrogens (primary N) is 2. The first-order valence-electron chi connectivity index (χ1n) is 12.0. The molecule has 1 atom stereocenters.